The molecule has 0 rings (SSSR count). The van der Waals surface area contributed by atoms with E-state index in [-0.39, 0.29) is 0 Å². The summed E-state index contributed by atoms with van der Waals surface area (Å²) >= 11 is 0. The zero-order valence-electron chi connectivity index (χ0n) is 6.81. The van der Waals surface area contributed by atoms with Gasteiger partial charge in [0, 0.05) is 0 Å². The van der Waals surface area contributed by atoms with Crippen molar-refractivity contribution in [1.29, 1.82) is 0 Å². The first kappa shape index (κ1) is 11.2. The van der Waals surface area contributed by atoms with Gasteiger partial charge < -0.3 is 0 Å². The Morgan fingerprint density at radius 3 is 2.00 bits per heavy atom. The van der Waals surface area contributed by atoms with Gasteiger partial charge >= 0.3 is 0 Å². The van der Waals surface area contributed by atoms with Crippen molar-refractivity contribution in [3.63, 3.8) is 0 Å². The Labute approximate surface area is 57.7 Å². The van der Waals surface area contributed by atoms with Crippen molar-refractivity contribution >= 4 is 0 Å². The second-order valence-electron chi connectivity index (χ2n) is 1.29. The maximum Gasteiger partial charge on any atom is 0.0575 e. The van der Waals surface area contributed by atoms with Crippen molar-refractivity contribution in [2.75, 3.05) is 6.54 Å². The molecule has 0 aliphatic carbocycles. The van der Waals surface area contributed by atoms with Crippen molar-refractivity contribution in [3.8, 4) is 0 Å². The lowest BCUT2D eigenvalue weighted by atomic mass is 10.6. The van der Waals surface area contributed by atoms with E-state index in [0.717, 1.165) is 12.2 Å². The summed E-state index contributed by atoms with van der Waals surface area (Å²) in [6.07, 6.45) is 0. The maximum absolute atomic E-state index is 3.70. The van der Waals surface area contributed by atoms with Crippen LogP contribution in [-0.4, -0.2) is 6.54 Å². The highest BCUT2D eigenvalue weighted by molar-refractivity contribution is 4.81. The molecule has 0 aliphatic rings. The minimum Gasteiger partial charge on any atom is -0.189 e. The molecule has 0 unspecified atom stereocenters. The van der Waals surface area contributed by atoms with E-state index < -0.39 is 0 Å². The first-order valence-electron chi connectivity index (χ1n) is 3.30. The summed E-state index contributed by atoms with van der Waals surface area (Å²) in [6.45, 7) is 12.0. The third-order valence-electron chi connectivity index (χ3n) is 0.383. The van der Waals surface area contributed by atoms with Crippen molar-refractivity contribution < 1.29 is 0 Å². The van der Waals surface area contributed by atoms with E-state index >= 15 is 0 Å². The standard InChI is InChI=1S/C5H10N2.C2H6/c1-4-6-7-5(2)3;1-2/h2,4H2,1,3H3;1-2H3. The lowest BCUT2D eigenvalue weighted by molar-refractivity contribution is 0.970. The molecule has 2 heteroatoms. The molecule has 0 heterocycles. The molecule has 0 aromatic carbocycles. The minimum atomic E-state index is 0.743. The predicted octanol–water partition coefficient (Wildman–Crippen LogP) is 3.02. The Morgan fingerprint density at radius 2 is 1.89 bits per heavy atom. The van der Waals surface area contributed by atoms with Crippen LogP contribution in [0.25, 0.3) is 0 Å². The summed E-state index contributed by atoms with van der Waals surface area (Å²) in [5.74, 6) is 0. The van der Waals surface area contributed by atoms with E-state index in [1.807, 2.05) is 27.7 Å². The molecule has 0 radical (unpaired) electrons. The zero-order chi connectivity index (χ0) is 7.70. The molecule has 9 heavy (non-hydrogen) atoms. The lowest BCUT2D eigenvalue weighted by Crippen LogP contribution is -1.63. The highest BCUT2D eigenvalue weighted by Crippen LogP contribution is 1.87. The molecule has 0 N–H and O–H groups in total. The fourth-order valence-corrected chi connectivity index (χ4v) is 0.191. The van der Waals surface area contributed by atoms with Crippen molar-refractivity contribution in [3.05, 3.63) is 12.3 Å². The Morgan fingerprint density at radius 1 is 1.44 bits per heavy atom. The van der Waals surface area contributed by atoms with Crippen LogP contribution in [0.2, 0.25) is 0 Å². The second kappa shape index (κ2) is 10.3. The van der Waals surface area contributed by atoms with Gasteiger partial charge in [0.15, 0.2) is 0 Å². The van der Waals surface area contributed by atoms with Gasteiger partial charge in [-0.15, -0.1) is 0 Å². The highest BCUT2D eigenvalue weighted by atomic mass is 15.1. The molecule has 0 aromatic heterocycles. The Bertz CT molecular complexity index is 84.9. The predicted molar refractivity (Wildman–Crippen MR) is 41.6 cm³/mol. The molecule has 0 fully saturated rings. The number of hydrogen-bond donors (Lipinski definition) is 0. The molecule has 0 bridgehead atoms. The van der Waals surface area contributed by atoms with Gasteiger partial charge in [-0.05, 0) is 13.8 Å². The van der Waals surface area contributed by atoms with Crippen LogP contribution in [0.4, 0.5) is 0 Å². The quantitative estimate of drug-likeness (QED) is 0.511. The molecule has 0 saturated heterocycles. The number of azo groups is 1. The highest BCUT2D eigenvalue weighted by Gasteiger charge is 1.69. The summed E-state index contributed by atoms with van der Waals surface area (Å²) in [6, 6.07) is 0. The molecule has 0 atom stereocenters. The molecular formula is C7H16N2. The number of rotatable bonds is 2. The van der Waals surface area contributed by atoms with Gasteiger partial charge in [0.25, 0.3) is 0 Å². The summed E-state index contributed by atoms with van der Waals surface area (Å²) in [5, 5.41) is 7.37. The van der Waals surface area contributed by atoms with Crippen LogP contribution < -0.4 is 0 Å². The Balaban J connectivity index is 0. The van der Waals surface area contributed by atoms with E-state index in [2.05, 4.69) is 16.8 Å². The summed E-state index contributed by atoms with van der Waals surface area (Å²) in [5.41, 5.74) is 0.766. The van der Waals surface area contributed by atoms with Gasteiger partial charge in [-0.1, -0.05) is 20.4 Å². The van der Waals surface area contributed by atoms with Crippen LogP contribution in [0.15, 0.2) is 22.5 Å². The molecular weight excluding hydrogens is 112 g/mol. The normalized spacial score (nSPS) is 8.44. The lowest BCUT2D eigenvalue weighted by Gasteiger charge is -1.79. The summed E-state index contributed by atoms with van der Waals surface area (Å²) in [4.78, 5) is 0. The number of allylic oxidation sites excluding steroid dienone is 1. The molecule has 2 nitrogen and oxygen atoms in total. The third kappa shape index (κ3) is 18.8. The Hall–Kier alpha value is -0.660. The Kier molecular flexibility index (Phi) is 12.9. The van der Waals surface area contributed by atoms with Crippen LogP contribution in [0, 0.1) is 0 Å². The molecule has 0 spiro atoms. The van der Waals surface area contributed by atoms with E-state index in [0.29, 0.717) is 0 Å². The fraction of sp³-hybridized carbons (Fsp3) is 0.714. The van der Waals surface area contributed by atoms with Crippen LogP contribution >= 0.6 is 0 Å². The van der Waals surface area contributed by atoms with E-state index in [9.17, 15) is 0 Å². The molecule has 54 valence electrons. The van der Waals surface area contributed by atoms with Crippen LogP contribution in [0.3, 0.4) is 0 Å². The minimum absolute atomic E-state index is 0.743. The SMILES string of the molecule is C=C(C)N=NCC.CC. The third-order valence-corrected chi connectivity index (χ3v) is 0.383. The van der Waals surface area contributed by atoms with Crippen molar-refractivity contribution in [1.82, 2.24) is 0 Å². The van der Waals surface area contributed by atoms with Gasteiger partial charge in [-0.3, -0.25) is 0 Å². The maximum atomic E-state index is 3.70. The van der Waals surface area contributed by atoms with Gasteiger partial charge in [-0.25, -0.2) is 0 Å². The van der Waals surface area contributed by atoms with E-state index in [4.69, 9.17) is 0 Å². The molecule has 0 aromatic rings. The first-order chi connectivity index (χ1) is 4.27. The monoisotopic (exact) mass is 128 g/mol. The number of nitrogens with zero attached hydrogens (tertiary/aromatic N) is 2. The van der Waals surface area contributed by atoms with Crippen molar-refractivity contribution in [2.24, 2.45) is 10.2 Å². The summed E-state index contributed by atoms with van der Waals surface area (Å²) < 4.78 is 0. The average Bonchev–Trinajstić information content (AvgIpc) is 1.88. The summed E-state index contributed by atoms with van der Waals surface area (Å²) in [7, 11) is 0. The zero-order valence-corrected chi connectivity index (χ0v) is 6.81. The molecule has 0 aliphatic heterocycles. The van der Waals surface area contributed by atoms with Crippen molar-refractivity contribution in [2.45, 2.75) is 27.7 Å². The number of hydrogen-bond acceptors (Lipinski definition) is 2. The largest absolute Gasteiger partial charge is 0.189 e. The van der Waals surface area contributed by atoms with Gasteiger partial charge in [0.05, 0.1) is 12.2 Å². The van der Waals surface area contributed by atoms with Crippen LogP contribution in [0.5, 0.6) is 0 Å². The average molecular weight is 128 g/mol. The van der Waals surface area contributed by atoms with Crippen LogP contribution in [-0.2, 0) is 0 Å². The second-order valence-corrected chi connectivity index (χ2v) is 1.29. The molecule has 0 amide bonds. The topological polar surface area (TPSA) is 24.7 Å². The van der Waals surface area contributed by atoms with Gasteiger partial charge in [-0.2, -0.15) is 10.2 Å². The smallest absolute Gasteiger partial charge is 0.0575 e. The van der Waals surface area contributed by atoms with Gasteiger partial charge in [0.1, 0.15) is 0 Å². The molecule has 0 saturated carbocycles. The van der Waals surface area contributed by atoms with Gasteiger partial charge in [0.2, 0.25) is 0 Å². The van der Waals surface area contributed by atoms with Crippen LogP contribution in [0.1, 0.15) is 27.7 Å². The fourth-order valence-electron chi connectivity index (χ4n) is 0.191. The van der Waals surface area contributed by atoms with E-state index in [1.165, 1.54) is 0 Å². The van der Waals surface area contributed by atoms with E-state index in [1.54, 1.807) is 0 Å². The first-order valence-corrected chi connectivity index (χ1v) is 3.30.